The van der Waals surface area contributed by atoms with Crippen LogP contribution in [0, 0.1) is 5.92 Å². The third kappa shape index (κ3) is 3.72. The van der Waals surface area contributed by atoms with E-state index in [1.54, 1.807) is 24.5 Å². The van der Waals surface area contributed by atoms with Gasteiger partial charge in [-0.05, 0) is 36.5 Å². The molecule has 1 aromatic heterocycles. The molecule has 3 rings (SSSR count). The van der Waals surface area contributed by atoms with Gasteiger partial charge in [-0.25, -0.2) is 9.97 Å². The van der Waals surface area contributed by atoms with Gasteiger partial charge in [-0.1, -0.05) is 30.4 Å². The van der Waals surface area contributed by atoms with Crippen molar-refractivity contribution in [2.75, 3.05) is 11.4 Å². The highest BCUT2D eigenvalue weighted by atomic mass is 16.4. The lowest BCUT2D eigenvalue weighted by Gasteiger charge is -2.19. The molecule has 0 saturated carbocycles. The third-order valence-corrected chi connectivity index (χ3v) is 4.34. The Bertz CT molecular complexity index is 822. The van der Waals surface area contributed by atoms with Gasteiger partial charge < -0.3 is 15.1 Å². The number of rotatable bonds is 7. The predicted molar refractivity (Wildman–Crippen MR) is 95.4 cm³/mol. The maximum Gasteiger partial charge on any atom is 0.318 e. The molecule has 0 aliphatic carbocycles. The molecule has 2 heterocycles. The van der Waals surface area contributed by atoms with Crippen molar-refractivity contribution in [3.8, 4) is 0 Å². The SMILES string of the molecule is O=C(O)C(C/C=C/Cc1cccc2c1N(c1ncccn1)CC2)C(=O)O. The van der Waals surface area contributed by atoms with Gasteiger partial charge in [0.15, 0.2) is 5.92 Å². The first-order chi connectivity index (χ1) is 12.6. The Morgan fingerprint density at radius 1 is 1.12 bits per heavy atom. The predicted octanol–water partition coefficient (Wildman–Crippen LogP) is 2.45. The van der Waals surface area contributed by atoms with Crippen molar-refractivity contribution in [1.29, 1.82) is 0 Å². The molecule has 1 aliphatic heterocycles. The number of hydrogen-bond donors (Lipinski definition) is 2. The van der Waals surface area contributed by atoms with E-state index in [-0.39, 0.29) is 6.42 Å². The van der Waals surface area contributed by atoms with Crippen LogP contribution in [0.2, 0.25) is 0 Å². The van der Waals surface area contributed by atoms with E-state index < -0.39 is 17.9 Å². The molecule has 0 saturated heterocycles. The third-order valence-electron chi connectivity index (χ3n) is 4.34. The van der Waals surface area contributed by atoms with E-state index in [4.69, 9.17) is 10.2 Å². The van der Waals surface area contributed by atoms with Gasteiger partial charge in [0.25, 0.3) is 0 Å². The van der Waals surface area contributed by atoms with E-state index in [1.165, 1.54) is 5.56 Å². The average molecular weight is 353 g/mol. The normalized spacial score (nSPS) is 13.3. The summed E-state index contributed by atoms with van der Waals surface area (Å²) in [5.74, 6) is -3.41. The maximum atomic E-state index is 10.9. The van der Waals surface area contributed by atoms with Gasteiger partial charge >= 0.3 is 11.9 Å². The number of anilines is 2. The minimum Gasteiger partial charge on any atom is -0.481 e. The Morgan fingerprint density at radius 2 is 1.85 bits per heavy atom. The molecule has 0 radical (unpaired) electrons. The number of carboxylic acids is 2. The van der Waals surface area contributed by atoms with Gasteiger partial charge in [-0.3, -0.25) is 9.59 Å². The van der Waals surface area contributed by atoms with Gasteiger partial charge in [0.05, 0.1) is 5.69 Å². The highest BCUT2D eigenvalue weighted by Gasteiger charge is 2.25. The van der Waals surface area contributed by atoms with Crippen molar-refractivity contribution < 1.29 is 19.8 Å². The minimum atomic E-state index is -1.41. The van der Waals surface area contributed by atoms with Crippen LogP contribution in [0.15, 0.2) is 48.8 Å². The monoisotopic (exact) mass is 353 g/mol. The second-order valence-electron chi connectivity index (χ2n) is 6.02. The quantitative estimate of drug-likeness (QED) is 0.582. The van der Waals surface area contributed by atoms with Crippen LogP contribution < -0.4 is 4.90 Å². The summed E-state index contributed by atoms with van der Waals surface area (Å²) >= 11 is 0. The zero-order valence-corrected chi connectivity index (χ0v) is 14.1. The molecule has 7 nitrogen and oxygen atoms in total. The van der Waals surface area contributed by atoms with Crippen molar-refractivity contribution in [2.24, 2.45) is 5.92 Å². The number of nitrogens with zero attached hydrogens (tertiary/aromatic N) is 3. The summed E-state index contributed by atoms with van der Waals surface area (Å²) < 4.78 is 0. The lowest BCUT2D eigenvalue weighted by Crippen LogP contribution is -2.22. The molecule has 2 aromatic rings. The molecular formula is C19H19N3O4. The van der Waals surface area contributed by atoms with E-state index in [9.17, 15) is 9.59 Å². The molecular weight excluding hydrogens is 334 g/mol. The molecule has 7 heteroatoms. The lowest BCUT2D eigenvalue weighted by atomic mass is 10.0. The summed E-state index contributed by atoms with van der Waals surface area (Å²) in [4.78, 5) is 32.6. The Kier molecular flexibility index (Phi) is 5.26. The molecule has 0 bridgehead atoms. The van der Waals surface area contributed by atoms with Crippen molar-refractivity contribution in [2.45, 2.75) is 19.3 Å². The molecule has 26 heavy (non-hydrogen) atoms. The standard InChI is InChI=1S/C19H19N3O4/c23-17(24)15(18(25)26)8-2-1-5-13-6-3-7-14-9-12-22(16(13)14)19-20-10-4-11-21-19/h1-4,6-7,10-11,15H,5,8-9,12H2,(H,23,24)(H,25,26)/b2-1+. The van der Waals surface area contributed by atoms with Crippen LogP contribution in [-0.2, 0) is 22.4 Å². The van der Waals surface area contributed by atoms with Crippen LogP contribution in [0.4, 0.5) is 11.6 Å². The number of aromatic nitrogens is 2. The fourth-order valence-electron chi connectivity index (χ4n) is 3.08. The van der Waals surface area contributed by atoms with Crippen LogP contribution in [0.3, 0.4) is 0 Å². The van der Waals surface area contributed by atoms with E-state index in [0.29, 0.717) is 12.4 Å². The van der Waals surface area contributed by atoms with Gasteiger partial charge in [0.2, 0.25) is 5.95 Å². The van der Waals surface area contributed by atoms with Crippen LogP contribution in [0.5, 0.6) is 0 Å². The second kappa shape index (κ2) is 7.77. The molecule has 1 aromatic carbocycles. The van der Waals surface area contributed by atoms with Crippen molar-refractivity contribution in [3.05, 3.63) is 59.9 Å². The second-order valence-corrected chi connectivity index (χ2v) is 6.02. The number of hydrogen-bond acceptors (Lipinski definition) is 5. The number of aliphatic carboxylic acids is 2. The van der Waals surface area contributed by atoms with E-state index in [0.717, 1.165) is 24.2 Å². The van der Waals surface area contributed by atoms with Crippen LogP contribution in [0.25, 0.3) is 0 Å². The minimum absolute atomic E-state index is 0.0365. The summed E-state index contributed by atoms with van der Waals surface area (Å²) in [5.41, 5.74) is 3.37. The average Bonchev–Trinajstić information content (AvgIpc) is 3.06. The summed E-state index contributed by atoms with van der Waals surface area (Å²) in [6.45, 7) is 0.806. The smallest absolute Gasteiger partial charge is 0.318 e. The first-order valence-electron chi connectivity index (χ1n) is 8.34. The van der Waals surface area contributed by atoms with Gasteiger partial charge in [0.1, 0.15) is 0 Å². The number of para-hydroxylation sites is 1. The first kappa shape index (κ1) is 17.6. The number of carboxylic acid groups (broad SMARTS) is 2. The molecule has 0 amide bonds. The van der Waals surface area contributed by atoms with Crippen molar-refractivity contribution >= 4 is 23.6 Å². The summed E-state index contributed by atoms with van der Waals surface area (Å²) in [5, 5.41) is 17.8. The van der Waals surface area contributed by atoms with E-state index >= 15 is 0 Å². The van der Waals surface area contributed by atoms with Crippen LogP contribution in [0.1, 0.15) is 17.5 Å². The molecule has 0 unspecified atom stereocenters. The first-order valence-corrected chi connectivity index (χ1v) is 8.34. The molecule has 2 N–H and O–H groups in total. The Balaban J connectivity index is 1.76. The lowest BCUT2D eigenvalue weighted by molar-refractivity contribution is -0.154. The van der Waals surface area contributed by atoms with Gasteiger partial charge in [0, 0.05) is 18.9 Å². The Labute approximate surface area is 150 Å². The Morgan fingerprint density at radius 3 is 2.54 bits per heavy atom. The molecule has 0 fully saturated rings. The highest BCUT2D eigenvalue weighted by molar-refractivity contribution is 5.93. The summed E-state index contributed by atoms with van der Waals surface area (Å²) in [7, 11) is 0. The zero-order valence-electron chi connectivity index (χ0n) is 14.1. The molecule has 0 atom stereocenters. The summed E-state index contributed by atoms with van der Waals surface area (Å²) in [6.07, 6.45) is 8.30. The fourth-order valence-corrected chi connectivity index (χ4v) is 3.08. The zero-order chi connectivity index (χ0) is 18.5. The maximum absolute atomic E-state index is 10.9. The van der Waals surface area contributed by atoms with Crippen molar-refractivity contribution in [1.82, 2.24) is 9.97 Å². The fraction of sp³-hybridized carbons (Fsp3) is 0.263. The van der Waals surface area contributed by atoms with Gasteiger partial charge in [-0.2, -0.15) is 0 Å². The number of allylic oxidation sites excluding steroid dienone is 2. The molecule has 0 spiro atoms. The molecule has 1 aliphatic rings. The van der Waals surface area contributed by atoms with E-state index in [2.05, 4.69) is 20.9 Å². The highest BCUT2D eigenvalue weighted by Crippen LogP contribution is 2.36. The number of carbonyl (C=O) groups is 2. The van der Waals surface area contributed by atoms with E-state index in [1.807, 2.05) is 18.2 Å². The Hall–Kier alpha value is -3.22. The number of benzene rings is 1. The topological polar surface area (TPSA) is 104 Å². The van der Waals surface area contributed by atoms with Crippen molar-refractivity contribution in [3.63, 3.8) is 0 Å². The summed E-state index contributed by atoms with van der Waals surface area (Å²) in [6, 6.07) is 7.86. The largest absolute Gasteiger partial charge is 0.481 e. The van der Waals surface area contributed by atoms with Crippen LogP contribution >= 0.6 is 0 Å². The molecule has 134 valence electrons. The number of fused-ring (bicyclic) bond motifs is 1. The van der Waals surface area contributed by atoms with Gasteiger partial charge in [-0.15, -0.1) is 0 Å². The van der Waals surface area contributed by atoms with Crippen LogP contribution in [-0.4, -0.2) is 38.7 Å².